The van der Waals surface area contributed by atoms with Gasteiger partial charge >= 0.3 is 13.6 Å². The molecule has 18 heavy (non-hydrogen) atoms. The third-order valence-electron chi connectivity index (χ3n) is 2.44. The maximum Gasteiger partial charge on any atom is 0.509 e. The number of rotatable bonds is 3. The van der Waals surface area contributed by atoms with Gasteiger partial charge in [0.1, 0.15) is 5.75 Å². The standard InChI is InChI=1S/C11H7BF5O/c13-11(14)18-10-4-2-7-5-9(12(15,16)17)3-1-8(7)6-10/h1-6,11H/q-1. The second kappa shape index (κ2) is 4.47. The van der Waals surface area contributed by atoms with Crippen molar-refractivity contribution in [2.75, 3.05) is 0 Å². The first-order valence-electron chi connectivity index (χ1n) is 5.05. The van der Waals surface area contributed by atoms with E-state index >= 15 is 0 Å². The predicted molar refractivity (Wildman–Crippen MR) is 59.3 cm³/mol. The van der Waals surface area contributed by atoms with Crippen molar-refractivity contribution in [1.29, 1.82) is 0 Å². The summed E-state index contributed by atoms with van der Waals surface area (Å²) >= 11 is 0. The fourth-order valence-corrected chi connectivity index (χ4v) is 1.62. The van der Waals surface area contributed by atoms with E-state index in [-0.39, 0.29) is 5.75 Å². The molecular formula is C11H7BF5O-. The van der Waals surface area contributed by atoms with Gasteiger partial charge < -0.3 is 17.7 Å². The van der Waals surface area contributed by atoms with Gasteiger partial charge in [-0.1, -0.05) is 24.3 Å². The maximum absolute atomic E-state index is 12.5. The van der Waals surface area contributed by atoms with Crippen LogP contribution in [0.15, 0.2) is 36.4 Å². The number of ether oxygens (including phenoxy) is 1. The fraction of sp³-hybridized carbons (Fsp3) is 0.0909. The number of benzene rings is 2. The van der Waals surface area contributed by atoms with Gasteiger partial charge in [-0.05, 0) is 22.9 Å². The van der Waals surface area contributed by atoms with Crippen molar-refractivity contribution in [1.82, 2.24) is 0 Å². The monoisotopic (exact) mass is 261 g/mol. The largest absolute Gasteiger partial charge is 0.509 e. The summed E-state index contributed by atoms with van der Waals surface area (Å²) in [4.78, 5) is 0. The summed E-state index contributed by atoms with van der Waals surface area (Å²) in [6, 6.07) is 6.95. The van der Waals surface area contributed by atoms with Crippen LogP contribution in [-0.2, 0) is 0 Å². The molecule has 0 saturated heterocycles. The highest BCUT2D eigenvalue weighted by Crippen LogP contribution is 2.22. The van der Waals surface area contributed by atoms with E-state index in [0.29, 0.717) is 10.8 Å². The molecule has 0 atom stereocenters. The van der Waals surface area contributed by atoms with Crippen molar-refractivity contribution < 1.29 is 26.5 Å². The van der Waals surface area contributed by atoms with Crippen molar-refractivity contribution in [3.8, 4) is 5.75 Å². The quantitative estimate of drug-likeness (QED) is 0.607. The Kier molecular flexibility index (Phi) is 3.15. The SMILES string of the molecule is FC(F)Oc1ccc2cc([B-](F)(F)F)ccc2c1. The highest BCUT2D eigenvalue weighted by Gasteiger charge is 2.25. The summed E-state index contributed by atoms with van der Waals surface area (Å²) in [5, 5.41) is 0.741. The van der Waals surface area contributed by atoms with Crippen LogP contribution in [0.3, 0.4) is 0 Å². The molecule has 2 aromatic carbocycles. The van der Waals surface area contributed by atoms with Gasteiger partial charge in [0, 0.05) is 0 Å². The third-order valence-corrected chi connectivity index (χ3v) is 2.44. The molecule has 1 nitrogen and oxygen atoms in total. The van der Waals surface area contributed by atoms with Crippen molar-refractivity contribution >= 4 is 23.2 Å². The first-order valence-corrected chi connectivity index (χ1v) is 5.05. The molecule has 0 aliphatic heterocycles. The van der Waals surface area contributed by atoms with Gasteiger partial charge in [0.2, 0.25) is 0 Å². The van der Waals surface area contributed by atoms with Gasteiger partial charge in [-0.3, -0.25) is 0 Å². The maximum atomic E-state index is 12.5. The lowest BCUT2D eigenvalue weighted by Gasteiger charge is -2.15. The van der Waals surface area contributed by atoms with E-state index in [1.807, 2.05) is 0 Å². The lowest BCUT2D eigenvalue weighted by atomic mass is 9.79. The van der Waals surface area contributed by atoms with Crippen LogP contribution >= 0.6 is 0 Å². The van der Waals surface area contributed by atoms with Crippen LogP contribution in [-0.4, -0.2) is 13.6 Å². The summed E-state index contributed by atoms with van der Waals surface area (Å²) in [6.45, 7) is -8.02. The normalized spacial score (nSPS) is 12.1. The van der Waals surface area contributed by atoms with E-state index in [0.717, 1.165) is 12.1 Å². The highest BCUT2D eigenvalue weighted by molar-refractivity contribution is 6.73. The summed E-state index contributed by atoms with van der Waals surface area (Å²) < 4.78 is 65.6. The highest BCUT2D eigenvalue weighted by atomic mass is 19.4. The molecule has 0 saturated carbocycles. The minimum Gasteiger partial charge on any atom is -0.445 e. The Morgan fingerprint density at radius 2 is 1.50 bits per heavy atom. The van der Waals surface area contributed by atoms with Crippen molar-refractivity contribution in [3.63, 3.8) is 0 Å². The lowest BCUT2D eigenvalue weighted by Crippen LogP contribution is -2.33. The molecular weight excluding hydrogens is 254 g/mol. The number of fused-ring (bicyclic) bond motifs is 1. The van der Waals surface area contributed by atoms with Gasteiger partial charge in [-0.15, -0.1) is 5.46 Å². The molecule has 0 aliphatic carbocycles. The van der Waals surface area contributed by atoms with Gasteiger partial charge in [0.15, 0.2) is 0 Å². The zero-order valence-electron chi connectivity index (χ0n) is 8.92. The number of hydrogen-bond acceptors (Lipinski definition) is 1. The molecule has 2 rings (SSSR count). The summed E-state index contributed by atoms with van der Waals surface area (Å²) in [5.74, 6) is -0.0808. The average Bonchev–Trinajstić information content (AvgIpc) is 2.26. The molecule has 0 amide bonds. The Morgan fingerprint density at radius 3 is 2.11 bits per heavy atom. The predicted octanol–water partition coefficient (Wildman–Crippen LogP) is 3.50. The molecule has 96 valence electrons. The molecule has 7 heteroatoms. The Morgan fingerprint density at radius 1 is 0.889 bits per heavy atom. The van der Waals surface area contributed by atoms with Gasteiger partial charge in [-0.25, -0.2) is 0 Å². The van der Waals surface area contributed by atoms with Gasteiger partial charge in [0.25, 0.3) is 0 Å². The number of alkyl halides is 2. The average molecular weight is 261 g/mol. The van der Waals surface area contributed by atoms with Crippen LogP contribution in [0.25, 0.3) is 10.8 Å². The van der Waals surface area contributed by atoms with Gasteiger partial charge in [-0.2, -0.15) is 8.78 Å². The Labute approximate surface area is 99.2 Å². The van der Waals surface area contributed by atoms with E-state index < -0.39 is 19.1 Å². The molecule has 0 spiro atoms. The van der Waals surface area contributed by atoms with E-state index in [4.69, 9.17) is 0 Å². The summed E-state index contributed by atoms with van der Waals surface area (Å²) in [7, 11) is 0. The molecule has 0 heterocycles. The summed E-state index contributed by atoms with van der Waals surface area (Å²) in [6.07, 6.45) is 0. The van der Waals surface area contributed by atoms with Crippen molar-refractivity contribution in [2.24, 2.45) is 0 Å². The first kappa shape index (κ1) is 12.7. The smallest absolute Gasteiger partial charge is 0.445 e. The fourth-order valence-electron chi connectivity index (χ4n) is 1.62. The molecule has 0 bridgehead atoms. The minimum absolute atomic E-state index is 0.0808. The van der Waals surface area contributed by atoms with Crippen LogP contribution < -0.4 is 10.2 Å². The van der Waals surface area contributed by atoms with Crippen LogP contribution in [0.4, 0.5) is 21.7 Å². The Hall–Kier alpha value is -1.79. The van der Waals surface area contributed by atoms with Crippen LogP contribution in [0.2, 0.25) is 0 Å². The molecule has 0 N–H and O–H groups in total. The first-order chi connectivity index (χ1) is 8.36. The zero-order valence-corrected chi connectivity index (χ0v) is 8.92. The minimum atomic E-state index is -5.06. The van der Waals surface area contributed by atoms with Crippen LogP contribution in [0.1, 0.15) is 0 Å². The van der Waals surface area contributed by atoms with Crippen LogP contribution in [0.5, 0.6) is 5.75 Å². The summed E-state index contributed by atoms with van der Waals surface area (Å²) in [5.41, 5.74) is -0.718. The topological polar surface area (TPSA) is 9.23 Å². The second-order valence-electron chi connectivity index (χ2n) is 3.72. The van der Waals surface area contributed by atoms with Crippen LogP contribution in [0, 0.1) is 0 Å². The molecule has 2 aromatic rings. The third kappa shape index (κ3) is 2.72. The molecule has 0 fully saturated rings. The van der Waals surface area contributed by atoms with Crippen molar-refractivity contribution in [3.05, 3.63) is 36.4 Å². The van der Waals surface area contributed by atoms with E-state index in [1.165, 1.54) is 24.3 Å². The van der Waals surface area contributed by atoms with E-state index in [9.17, 15) is 21.7 Å². The molecule has 0 radical (unpaired) electrons. The zero-order chi connectivity index (χ0) is 13.3. The lowest BCUT2D eigenvalue weighted by molar-refractivity contribution is -0.0497. The van der Waals surface area contributed by atoms with E-state index in [1.54, 1.807) is 0 Å². The molecule has 0 aliphatic rings. The second-order valence-corrected chi connectivity index (χ2v) is 3.72. The van der Waals surface area contributed by atoms with Gasteiger partial charge in [0.05, 0.1) is 0 Å². The number of hydrogen-bond donors (Lipinski definition) is 0. The molecule has 0 unspecified atom stereocenters. The van der Waals surface area contributed by atoms with Crippen molar-refractivity contribution in [2.45, 2.75) is 6.61 Å². The Bertz CT molecular complexity index is 567. The Balaban J connectivity index is 2.42. The molecule has 0 aromatic heterocycles. The van der Waals surface area contributed by atoms with E-state index in [2.05, 4.69) is 4.74 Å². The number of halogens is 5.